The maximum Gasteiger partial charge on any atom is 0.410 e. The van der Waals surface area contributed by atoms with Crippen LogP contribution in [0.5, 0.6) is 0 Å². The molecule has 1 N–H and O–H groups in total. The Bertz CT molecular complexity index is 1100. The summed E-state index contributed by atoms with van der Waals surface area (Å²) in [5, 5.41) is 11.5. The Morgan fingerprint density at radius 2 is 1.39 bits per heavy atom. The van der Waals surface area contributed by atoms with Crippen LogP contribution in [0.3, 0.4) is 0 Å². The van der Waals surface area contributed by atoms with Crippen molar-refractivity contribution >= 4 is 6.09 Å². The highest BCUT2D eigenvalue weighted by molar-refractivity contribution is 5.69. The number of benzene rings is 3. The molecule has 1 fully saturated rings. The summed E-state index contributed by atoms with van der Waals surface area (Å²) in [5.74, 6) is -0.143. The van der Waals surface area contributed by atoms with Crippen molar-refractivity contribution in [3.8, 4) is 0 Å². The zero-order chi connectivity index (χ0) is 29.3. The van der Waals surface area contributed by atoms with E-state index in [-0.39, 0.29) is 19.3 Å². The second-order valence-corrected chi connectivity index (χ2v) is 11.5. The zero-order valence-corrected chi connectivity index (χ0v) is 24.6. The van der Waals surface area contributed by atoms with Crippen LogP contribution in [0.4, 0.5) is 4.79 Å². The first-order valence-corrected chi connectivity index (χ1v) is 14.3. The average Bonchev–Trinajstić information content (AvgIpc) is 2.97. The van der Waals surface area contributed by atoms with Gasteiger partial charge in [-0.25, -0.2) is 4.79 Å². The number of aliphatic hydroxyl groups is 1. The van der Waals surface area contributed by atoms with E-state index in [0.29, 0.717) is 26.0 Å². The lowest BCUT2D eigenvalue weighted by Gasteiger charge is -2.44. The van der Waals surface area contributed by atoms with Crippen molar-refractivity contribution < 1.29 is 28.8 Å². The predicted octanol–water partition coefficient (Wildman–Crippen LogP) is 5.99. The predicted molar refractivity (Wildman–Crippen MR) is 158 cm³/mol. The Hall–Kier alpha value is -3.23. The molecule has 0 aromatic heterocycles. The topological polar surface area (TPSA) is 77.5 Å². The molecule has 1 aliphatic rings. The number of carbonyl (C=O) groups excluding carboxylic acids is 1. The van der Waals surface area contributed by atoms with Crippen LogP contribution >= 0.6 is 0 Å². The zero-order valence-electron chi connectivity index (χ0n) is 24.6. The lowest BCUT2D eigenvalue weighted by Crippen LogP contribution is -2.56. The standard InChI is InChI=1S/C34H43NO6/c1-33(2,3)41-32(37)35-22-20-26(24-39-25-38-4)31(36)30(35)21-23-40-34(27-14-8-5-9-15-27,28-16-10-6-11-17-28)29-18-12-7-13-19-29/h5-19,26,30-31,36H,20-25H2,1-4H3/t26-,30-,31+/m1/s1. The Morgan fingerprint density at radius 1 is 0.878 bits per heavy atom. The minimum absolute atomic E-state index is 0.143. The van der Waals surface area contributed by atoms with Gasteiger partial charge in [-0.1, -0.05) is 91.0 Å². The van der Waals surface area contributed by atoms with Gasteiger partial charge < -0.3 is 29.0 Å². The molecule has 4 rings (SSSR count). The van der Waals surface area contributed by atoms with E-state index in [1.165, 1.54) is 0 Å². The van der Waals surface area contributed by atoms with Gasteiger partial charge in [-0.15, -0.1) is 0 Å². The highest BCUT2D eigenvalue weighted by atomic mass is 16.7. The molecule has 1 heterocycles. The van der Waals surface area contributed by atoms with Gasteiger partial charge in [0.2, 0.25) is 0 Å². The summed E-state index contributed by atoms with van der Waals surface area (Å²) in [7, 11) is 1.57. The van der Waals surface area contributed by atoms with E-state index in [0.717, 1.165) is 16.7 Å². The van der Waals surface area contributed by atoms with Gasteiger partial charge in [-0.3, -0.25) is 0 Å². The Kier molecular flexibility index (Phi) is 10.6. The first-order valence-electron chi connectivity index (χ1n) is 14.3. The molecule has 0 saturated carbocycles. The van der Waals surface area contributed by atoms with Gasteiger partial charge in [-0.05, 0) is 50.3 Å². The molecule has 0 bridgehead atoms. The normalized spacial score (nSPS) is 19.6. The number of carbonyl (C=O) groups is 1. The van der Waals surface area contributed by atoms with Gasteiger partial charge in [0.15, 0.2) is 0 Å². The van der Waals surface area contributed by atoms with Crippen LogP contribution in [-0.2, 0) is 24.5 Å². The molecule has 0 radical (unpaired) electrons. The molecule has 3 atom stereocenters. The number of amides is 1. The molecule has 220 valence electrons. The number of methoxy groups -OCH3 is 1. The van der Waals surface area contributed by atoms with Gasteiger partial charge in [0.05, 0.1) is 25.4 Å². The van der Waals surface area contributed by atoms with E-state index in [4.69, 9.17) is 18.9 Å². The molecule has 3 aromatic rings. The SMILES string of the molecule is COCOC[C@H]1CCN(C(=O)OC(C)(C)C)[C@H](CCOC(c2ccccc2)(c2ccccc2)c2ccccc2)[C@H]1O. The first kappa shape index (κ1) is 30.7. The van der Waals surface area contributed by atoms with Crippen LogP contribution in [0.15, 0.2) is 91.0 Å². The summed E-state index contributed by atoms with van der Waals surface area (Å²) in [6.07, 6.45) is -0.228. The molecular weight excluding hydrogens is 518 g/mol. The van der Waals surface area contributed by atoms with Gasteiger partial charge in [0.25, 0.3) is 0 Å². The number of aliphatic hydroxyl groups excluding tert-OH is 1. The molecule has 0 spiro atoms. The third-order valence-electron chi connectivity index (χ3n) is 7.45. The summed E-state index contributed by atoms with van der Waals surface area (Å²) in [6, 6.07) is 30.0. The molecule has 1 amide bonds. The lowest BCUT2D eigenvalue weighted by atomic mass is 9.80. The summed E-state index contributed by atoms with van der Waals surface area (Å²) < 4.78 is 23.3. The van der Waals surface area contributed by atoms with E-state index in [1.807, 2.05) is 75.4 Å². The molecule has 7 nitrogen and oxygen atoms in total. The molecule has 1 aliphatic heterocycles. The van der Waals surface area contributed by atoms with Crippen molar-refractivity contribution in [2.75, 3.05) is 33.7 Å². The highest BCUT2D eigenvalue weighted by Crippen LogP contribution is 2.41. The van der Waals surface area contributed by atoms with Crippen molar-refractivity contribution in [3.05, 3.63) is 108 Å². The van der Waals surface area contributed by atoms with Crippen molar-refractivity contribution in [2.45, 2.75) is 57.0 Å². The van der Waals surface area contributed by atoms with E-state index < -0.39 is 29.4 Å². The molecular formula is C34H43NO6. The third-order valence-corrected chi connectivity index (χ3v) is 7.45. The fourth-order valence-corrected chi connectivity index (χ4v) is 5.58. The largest absolute Gasteiger partial charge is 0.444 e. The summed E-state index contributed by atoms with van der Waals surface area (Å²) in [6.45, 7) is 6.78. The van der Waals surface area contributed by atoms with E-state index >= 15 is 0 Å². The quantitative estimate of drug-likeness (QED) is 0.176. The smallest absolute Gasteiger partial charge is 0.410 e. The Morgan fingerprint density at radius 3 is 1.85 bits per heavy atom. The number of piperidine rings is 1. The highest BCUT2D eigenvalue weighted by Gasteiger charge is 2.42. The van der Waals surface area contributed by atoms with Crippen LogP contribution in [0.2, 0.25) is 0 Å². The van der Waals surface area contributed by atoms with Crippen LogP contribution in [-0.4, -0.2) is 67.5 Å². The number of hydrogen-bond donors (Lipinski definition) is 1. The molecule has 1 saturated heterocycles. The van der Waals surface area contributed by atoms with Gasteiger partial charge in [0.1, 0.15) is 18.0 Å². The lowest BCUT2D eigenvalue weighted by molar-refractivity contribution is -0.101. The van der Waals surface area contributed by atoms with Crippen LogP contribution in [0.25, 0.3) is 0 Å². The average molecular weight is 562 g/mol. The van der Waals surface area contributed by atoms with Crippen LogP contribution in [0.1, 0.15) is 50.3 Å². The second kappa shape index (κ2) is 14.1. The van der Waals surface area contributed by atoms with E-state index in [1.54, 1.807) is 12.0 Å². The van der Waals surface area contributed by atoms with Gasteiger partial charge in [0, 0.05) is 19.6 Å². The number of rotatable bonds is 11. The molecule has 7 heteroatoms. The van der Waals surface area contributed by atoms with E-state index in [9.17, 15) is 9.90 Å². The van der Waals surface area contributed by atoms with Crippen molar-refractivity contribution in [2.24, 2.45) is 5.92 Å². The molecule has 41 heavy (non-hydrogen) atoms. The number of likely N-dealkylation sites (tertiary alicyclic amines) is 1. The maximum atomic E-state index is 13.3. The van der Waals surface area contributed by atoms with Crippen molar-refractivity contribution in [1.29, 1.82) is 0 Å². The van der Waals surface area contributed by atoms with Crippen LogP contribution in [0, 0.1) is 5.92 Å². The number of nitrogens with zero attached hydrogens (tertiary/aromatic N) is 1. The van der Waals surface area contributed by atoms with Crippen LogP contribution < -0.4 is 0 Å². The summed E-state index contributed by atoms with van der Waals surface area (Å²) in [4.78, 5) is 14.9. The fourth-order valence-electron chi connectivity index (χ4n) is 5.58. The fraction of sp³-hybridized carbons (Fsp3) is 0.441. The molecule has 0 aliphatic carbocycles. The minimum Gasteiger partial charge on any atom is -0.444 e. The number of ether oxygens (including phenoxy) is 4. The second-order valence-electron chi connectivity index (χ2n) is 11.5. The van der Waals surface area contributed by atoms with Crippen molar-refractivity contribution in [3.63, 3.8) is 0 Å². The first-order chi connectivity index (χ1) is 19.8. The minimum atomic E-state index is -0.888. The Labute approximate surface area is 244 Å². The Balaban J connectivity index is 1.65. The van der Waals surface area contributed by atoms with Gasteiger partial charge >= 0.3 is 6.09 Å². The molecule has 3 aromatic carbocycles. The summed E-state index contributed by atoms with van der Waals surface area (Å²) >= 11 is 0. The maximum absolute atomic E-state index is 13.3. The molecule has 0 unspecified atom stereocenters. The van der Waals surface area contributed by atoms with Gasteiger partial charge in [-0.2, -0.15) is 0 Å². The summed E-state index contributed by atoms with van der Waals surface area (Å²) in [5.41, 5.74) is 1.45. The van der Waals surface area contributed by atoms with E-state index in [2.05, 4.69) is 36.4 Å². The third kappa shape index (κ3) is 7.54. The van der Waals surface area contributed by atoms with Crippen molar-refractivity contribution in [1.82, 2.24) is 4.90 Å². The monoisotopic (exact) mass is 561 g/mol. The number of hydrogen-bond acceptors (Lipinski definition) is 6.